The third-order valence-electron chi connectivity index (χ3n) is 2.62. The minimum absolute atomic E-state index is 0.173. The molecule has 2 heterocycles. The highest BCUT2D eigenvalue weighted by molar-refractivity contribution is 5.09. The summed E-state index contributed by atoms with van der Waals surface area (Å²) >= 11 is 0. The predicted octanol–water partition coefficient (Wildman–Crippen LogP) is 1.68. The molecular formula is C12H18NO2+. The van der Waals surface area contributed by atoms with E-state index in [9.17, 15) is 0 Å². The van der Waals surface area contributed by atoms with Gasteiger partial charge >= 0.3 is 0 Å². The topological polar surface area (TPSA) is 22.3 Å². The molecule has 0 amide bonds. The van der Waals surface area contributed by atoms with E-state index in [0.29, 0.717) is 5.92 Å². The Bertz CT molecular complexity index is 302. The Morgan fingerprint density at radius 2 is 1.87 bits per heavy atom. The first-order chi connectivity index (χ1) is 7.29. The zero-order valence-corrected chi connectivity index (χ0v) is 9.35. The lowest BCUT2D eigenvalue weighted by Gasteiger charge is -2.27. The van der Waals surface area contributed by atoms with Gasteiger partial charge in [-0.25, -0.2) is 4.57 Å². The van der Waals surface area contributed by atoms with Crippen LogP contribution in [0, 0.1) is 5.92 Å². The Morgan fingerprint density at radius 3 is 2.40 bits per heavy atom. The average Bonchev–Trinajstić information content (AvgIpc) is 2.30. The molecule has 1 fully saturated rings. The van der Waals surface area contributed by atoms with Crippen LogP contribution in [-0.2, 0) is 16.0 Å². The van der Waals surface area contributed by atoms with Crippen LogP contribution in [0.15, 0.2) is 24.5 Å². The molecule has 0 aromatic carbocycles. The van der Waals surface area contributed by atoms with Crippen LogP contribution in [0.1, 0.15) is 25.7 Å². The maximum absolute atomic E-state index is 5.62. The first kappa shape index (κ1) is 10.6. The molecule has 0 radical (unpaired) electrons. The maximum atomic E-state index is 5.62. The van der Waals surface area contributed by atoms with Crippen molar-refractivity contribution in [2.24, 2.45) is 5.92 Å². The van der Waals surface area contributed by atoms with Crippen LogP contribution < -0.4 is 4.57 Å². The Hall–Kier alpha value is -0.930. The van der Waals surface area contributed by atoms with Crippen LogP contribution in [0.25, 0.3) is 0 Å². The Morgan fingerprint density at radius 1 is 1.27 bits per heavy atom. The third-order valence-corrected chi connectivity index (χ3v) is 2.62. The summed E-state index contributed by atoms with van der Waals surface area (Å²) in [5.41, 5.74) is 1.10. The van der Waals surface area contributed by atoms with Crippen LogP contribution in [0.4, 0.5) is 0 Å². The molecule has 2 rings (SSSR count). The van der Waals surface area contributed by atoms with E-state index in [4.69, 9.17) is 9.47 Å². The van der Waals surface area contributed by atoms with Gasteiger partial charge in [0.05, 0.1) is 13.2 Å². The summed E-state index contributed by atoms with van der Waals surface area (Å²) in [5, 5.41) is 0. The number of aromatic nitrogens is 1. The lowest BCUT2D eigenvalue weighted by atomic mass is 10.2. The van der Waals surface area contributed by atoms with E-state index in [1.54, 1.807) is 0 Å². The van der Waals surface area contributed by atoms with Crippen LogP contribution in [0.5, 0.6) is 0 Å². The highest BCUT2D eigenvalue weighted by Gasteiger charge is 2.21. The third kappa shape index (κ3) is 2.55. The van der Waals surface area contributed by atoms with Gasteiger partial charge in [-0.2, -0.15) is 0 Å². The van der Waals surface area contributed by atoms with Crippen molar-refractivity contribution < 1.29 is 14.0 Å². The van der Waals surface area contributed by atoms with E-state index in [2.05, 4.69) is 42.9 Å². The fraction of sp³-hybridized carbons (Fsp3) is 0.583. The largest absolute Gasteiger partial charge is 0.348 e. The second-order valence-corrected chi connectivity index (χ2v) is 4.07. The summed E-state index contributed by atoms with van der Waals surface area (Å²) in [4.78, 5) is 0. The van der Waals surface area contributed by atoms with Gasteiger partial charge in [0.25, 0.3) is 0 Å². The Kier molecular flexibility index (Phi) is 3.34. The van der Waals surface area contributed by atoms with Crippen LogP contribution >= 0.6 is 0 Å². The second kappa shape index (κ2) is 4.73. The molecule has 3 nitrogen and oxygen atoms in total. The lowest BCUT2D eigenvalue weighted by Crippen LogP contribution is -2.31. The lowest BCUT2D eigenvalue weighted by molar-refractivity contribution is -0.693. The molecule has 0 saturated carbocycles. The van der Waals surface area contributed by atoms with Crippen LogP contribution in [0.3, 0.4) is 0 Å². The van der Waals surface area contributed by atoms with Gasteiger partial charge in [-0.3, -0.25) is 0 Å². The summed E-state index contributed by atoms with van der Waals surface area (Å²) in [7, 11) is 0. The quantitative estimate of drug-likeness (QED) is 0.690. The van der Waals surface area contributed by atoms with Crippen LogP contribution in [-0.4, -0.2) is 13.2 Å². The van der Waals surface area contributed by atoms with Gasteiger partial charge in [0.1, 0.15) is 6.54 Å². The summed E-state index contributed by atoms with van der Waals surface area (Å²) in [6, 6.07) is 4.12. The van der Waals surface area contributed by atoms with E-state index < -0.39 is 0 Å². The monoisotopic (exact) mass is 208 g/mol. The molecule has 0 aliphatic carbocycles. The SMILES string of the molecule is CC[n+]1ccc(C2OCC(C)CO2)cc1. The van der Waals surface area contributed by atoms with Gasteiger partial charge in [0, 0.05) is 23.6 Å². The molecule has 1 aliphatic heterocycles. The average molecular weight is 208 g/mol. The zero-order valence-electron chi connectivity index (χ0n) is 9.35. The Balaban J connectivity index is 2.03. The molecular weight excluding hydrogens is 190 g/mol. The molecule has 0 bridgehead atoms. The van der Waals surface area contributed by atoms with Gasteiger partial charge < -0.3 is 9.47 Å². The molecule has 1 aromatic rings. The Labute approximate surface area is 90.6 Å². The normalized spacial score (nSPS) is 26.5. The van der Waals surface area contributed by atoms with Crippen molar-refractivity contribution in [1.82, 2.24) is 0 Å². The predicted molar refractivity (Wildman–Crippen MR) is 56.1 cm³/mol. The summed E-state index contributed by atoms with van der Waals surface area (Å²) in [6.07, 6.45) is 3.94. The number of hydrogen-bond donors (Lipinski definition) is 0. The first-order valence-corrected chi connectivity index (χ1v) is 5.52. The fourth-order valence-corrected chi connectivity index (χ4v) is 1.63. The van der Waals surface area contributed by atoms with E-state index >= 15 is 0 Å². The van der Waals surface area contributed by atoms with Gasteiger partial charge in [-0.1, -0.05) is 6.92 Å². The summed E-state index contributed by atoms with van der Waals surface area (Å²) in [5.74, 6) is 0.505. The maximum Gasteiger partial charge on any atom is 0.184 e. The standard InChI is InChI=1S/C12H18NO2/c1-3-13-6-4-11(5-7-13)12-14-8-10(2)9-15-12/h4-7,10,12H,3,8-9H2,1-2H3/q+1. The van der Waals surface area contributed by atoms with Crippen molar-refractivity contribution in [3.8, 4) is 0 Å². The van der Waals surface area contributed by atoms with Crippen LogP contribution in [0.2, 0.25) is 0 Å². The van der Waals surface area contributed by atoms with Crippen molar-refractivity contribution in [2.45, 2.75) is 26.7 Å². The fourth-order valence-electron chi connectivity index (χ4n) is 1.63. The van der Waals surface area contributed by atoms with Crippen molar-refractivity contribution in [1.29, 1.82) is 0 Å². The van der Waals surface area contributed by atoms with Crippen molar-refractivity contribution in [3.63, 3.8) is 0 Å². The first-order valence-electron chi connectivity index (χ1n) is 5.52. The number of rotatable bonds is 2. The highest BCUT2D eigenvalue weighted by atomic mass is 16.7. The molecule has 0 N–H and O–H groups in total. The van der Waals surface area contributed by atoms with E-state index in [1.165, 1.54) is 0 Å². The molecule has 15 heavy (non-hydrogen) atoms. The molecule has 82 valence electrons. The van der Waals surface area contributed by atoms with Gasteiger partial charge in [0.15, 0.2) is 18.7 Å². The number of hydrogen-bond acceptors (Lipinski definition) is 2. The summed E-state index contributed by atoms with van der Waals surface area (Å²) in [6.45, 7) is 6.81. The minimum atomic E-state index is -0.173. The smallest absolute Gasteiger partial charge is 0.184 e. The summed E-state index contributed by atoms with van der Waals surface area (Å²) < 4.78 is 13.4. The zero-order chi connectivity index (χ0) is 10.7. The molecule has 3 heteroatoms. The number of ether oxygens (including phenoxy) is 2. The number of aryl methyl sites for hydroxylation is 1. The number of nitrogens with zero attached hydrogens (tertiary/aromatic N) is 1. The van der Waals surface area contributed by atoms with Gasteiger partial charge in [0.2, 0.25) is 0 Å². The minimum Gasteiger partial charge on any atom is -0.348 e. The molecule has 1 aromatic heterocycles. The molecule has 1 saturated heterocycles. The van der Waals surface area contributed by atoms with E-state index in [-0.39, 0.29) is 6.29 Å². The number of pyridine rings is 1. The second-order valence-electron chi connectivity index (χ2n) is 4.07. The molecule has 0 spiro atoms. The van der Waals surface area contributed by atoms with E-state index in [1.807, 2.05) is 0 Å². The molecule has 0 atom stereocenters. The molecule has 1 aliphatic rings. The highest BCUT2D eigenvalue weighted by Crippen LogP contribution is 2.23. The van der Waals surface area contributed by atoms with Gasteiger partial charge in [-0.05, 0) is 6.92 Å². The van der Waals surface area contributed by atoms with E-state index in [0.717, 1.165) is 25.3 Å². The van der Waals surface area contributed by atoms with Gasteiger partial charge in [-0.15, -0.1) is 0 Å². The van der Waals surface area contributed by atoms with Crippen molar-refractivity contribution in [3.05, 3.63) is 30.1 Å². The van der Waals surface area contributed by atoms with Crippen molar-refractivity contribution in [2.75, 3.05) is 13.2 Å². The molecule has 0 unspecified atom stereocenters. The van der Waals surface area contributed by atoms with Crippen molar-refractivity contribution >= 4 is 0 Å².